The molecule has 0 fully saturated rings. The number of imidazole rings is 1. The second kappa shape index (κ2) is 6.07. The summed E-state index contributed by atoms with van der Waals surface area (Å²) in [5, 5.41) is 9.80. The fourth-order valence-electron chi connectivity index (χ4n) is 2.53. The third-order valence-electron chi connectivity index (χ3n) is 3.49. The van der Waals surface area contributed by atoms with Crippen LogP contribution in [0.1, 0.15) is 27.7 Å². The number of carboxylic acid groups (broad SMARTS) is 1. The van der Waals surface area contributed by atoms with Gasteiger partial charge in [-0.25, -0.2) is 9.78 Å². The lowest BCUT2D eigenvalue weighted by Crippen LogP contribution is -2.18. The van der Waals surface area contributed by atoms with Gasteiger partial charge in [-0.2, -0.15) is 0 Å². The lowest BCUT2D eigenvalue weighted by atomic mass is 9.98. The van der Waals surface area contributed by atoms with E-state index in [0.29, 0.717) is 5.16 Å². The smallest absolute Gasteiger partial charge is 0.354 e. The molecule has 22 heavy (non-hydrogen) atoms. The Hall–Kier alpha value is -2.53. The van der Waals surface area contributed by atoms with Gasteiger partial charge in [-0.15, -0.1) is 12.6 Å². The molecule has 0 aliphatic heterocycles. The molecule has 5 heteroatoms. The van der Waals surface area contributed by atoms with Crippen molar-refractivity contribution in [1.82, 2.24) is 9.55 Å². The summed E-state index contributed by atoms with van der Waals surface area (Å²) in [4.78, 5) is 15.6. The molecule has 2 aromatic carbocycles. The fraction of sp³-hybridized carbons (Fsp3) is 0.0588. The maximum atomic E-state index is 11.5. The average Bonchev–Trinajstić information content (AvgIpc) is 2.92. The highest BCUT2D eigenvalue weighted by Crippen LogP contribution is 2.30. The number of nitrogens with zero attached hydrogens (tertiary/aromatic N) is 2. The first kappa shape index (κ1) is 14.4. The second-order valence-electron chi connectivity index (χ2n) is 4.84. The maximum absolute atomic E-state index is 11.5. The molecule has 110 valence electrons. The van der Waals surface area contributed by atoms with Gasteiger partial charge < -0.3 is 9.67 Å². The highest BCUT2D eigenvalue weighted by molar-refractivity contribution is 7.80. The van der Waals surface area contributed by atoms with Crippen molar-refractivity contribution in [2.75, 3.05) is 0 Å². The second-order valence-corrected chi connectivity index (χ2v) is 5.24. The number of rotatable bonds is 4. The summed E-state index contributed by atoms with van der Waals surface area (Å²) in [6, 6.07) is 19.2. The molecule has 0 aliphatic rings. The van der Waals surface area contributed by atoms with E-state index in [9.17, 15) is 9.90 Å². The third kappa shape index (κ3) is 2.63. The lowest BCUT2D eigenvalue weighted by Gasteiger charge is -2.22. The highest BCUT2D eigenvalue weighted by Gasteiger charge is 2.24. The van der Waals surface area contributed by atoms with E-state index in [2.05, 4.69) is 17.6 Å². The summed E-state index contributed by atoms with van der Waals surface area (Å²) in [5.41, 5.74) is 2.07. The van der Waals surface area contributed by atoms with Gasteiger partial charge in [0.2, 0.25) is 0 Å². The van der Waals surface area contributed by atoms with Crippen molar-refractivity contribution in [1.29, 1.82) is 0 Å². The van der Waals surface area contributed by atoms with Crippen LogP contribution >= 0.6 is 12.6 Å². The number of hydrogen-bond acceptors (Lipinski definition) is 3. The Kier molecular flexibility index (Phi) is 3.98. The minimum absolute atomic E-state index is 0.114. The first-order chi connectivity index (χ1) is 10.7. The summed E-state index contributed by atoms with van der Waals surface area (Å²) < 4.78 is 1.64. The van der Waals surface area contributed by atoms with Gasteiger partial charge in [-0.05, 0) is 11.1 Å². The van der Waals surface area contributed by atoms with Crippen molar-refractivity contribution >= 4 is 18.6 Å². The first-order valence-corrected chi connectivity index (χ1v) is 7.22. The highest BCUT2D eigenvalue weighted by atomic mass is 32.1. The van der Waals surface area contributed by atoms with Crippen molar-refractivity contribution in [3.63, 3.8) is 0 Å². The molecule has 1 N–H and O–H groups in total. The van der Waals surface area contributed by atoms with Crippen LogP contribution in [0.4, 0.5) is 0 Å². The van der Waals surface area contributed by atoms with E-state index in [1.165, 1.54) is 6.20 Å². The number of benzene rings is 2. The molecule has 1 aromatic heterocycles. The Morgan fingerprint density at radius 2 is 1.50 bits per heavy atom. The summed E-state index contributed by atoms with van der Waals surface area (Å²) in [5.74, 6) is -1.02. The third-order valence-corrected chi connectivity index (χ3v) is 3.82. The Labute approximate surface area is 133 Å². The average molecular weight is 310 g/mol. The Balaban J connectivity index is 2.24. The molecule has 3 aromatic rings. The number of aromatic carboxylic acids is 1. The normalized spacial score (nSPS) is 10.8. The van der Waals surface area contributed by atoms with Crippen LogP contribution in [-0.4, -0.2) is 20.6 Å². The van der Waals surface area contributed by atoms with E-state index in [4.69, 9.17) is 0 Å². The van der Waals surface area contributed by atoms with Crippen LogP contribution in [0, 0.1) is 0 Å². The molecule has 0 saturated heterocycles. The Bertz CT molecular complexity index is 745. The molecule has 0 aliphatic carbocycles. The zero-order valence-corrected chi connectivity index (χ0v) is 12.5. The molecule has 0 unspecified atom stereocenters. The van der Waals surface area contributed by atoms with Crippen LogP contribution < -0.4 is 0 Å². The molecule has 0 radical (unpaired) electrons. The van der Waals surface area contributed by atoms with Crippen LogP contribution in [0.2, 0.25) is 0 Å². The van der Waals surface area contributed by atoms with Gasteiger partial charge in [0.05, 0.1) is 12.2 Å². The van der Waals surface area contributed by atoms with Gasteiger partial charge in [0.25, 0.3) is 0 Å². The van der Waals surface area contributed by atoms with Gasteiger partial charge in [0.15, 0.2) is 5.16 Å². The Morgan fingerprint density at radius 3 is 1.95 bits per heavy atom. The number of carbonyl (C=O) groups is 1. The standard InChI is InChI=1S/C17H14N2O2S/c20-16(21)14-11-18-17(22)19(14)15(12-7-3-1-4-8-12)13-9-5-2-6-10-13/h1-11,15H,(H,18,22)(H,20,21). The van der Waals surface area contributed by atoms with E-state index >= 15 is 0 Å². The molecule has 0 saturated carbocycles. The van der Waals surface area contributed by atoms with Gasteiger partial charge in [0.1, 0.15) is 5.69 Å². The van der Waals surface area contributed by atoms with Crippen LogP contribution in [-0.2, 0) is 0 Å². The summed E-state index contributed by atoms with van der Waals surface area (Å²) in [7, 11) is 0. The van der Waals surface area contributed by atoms with Crippen LogP contribution in [0.3, 0.4) is 0 Å². The fourth-order valence-corrected chi connectivity index (χ4v) is 2.81. The van der Waals surface area contributed by atoms with E-state index in [-0.39, 0.29) is 11.7 Å². The van der Waals surface area contributed by atoms with Crippen LogP contribution in [0.25, 0.3) is 0 Å². The Morgan fingerprint density at radius 1 is 1.00 bits per heavy atom. The predicted octanol–water partition coefficient (Wildman–Crippen LogP) is 3.51. The first-order valence-electron chi connectivity index (χ1n) is 6.78. The number of carboxylic acids is 1. The number of aromatic nitrogens is 2. The van der Waals surface area contributed by atoms with Crippen molar-refractivity contribution in [2.45, 2.75) is 11.2 Å². The largest absolute Gasteiger partial charge is 0.477 e. The zero-order chi connectivity index (χ0) is 15.5. The van der Waals surface area contributed by atoms with Crippen molar-refractivity contribution in [2.24, 2.45) is 0 Å². The van der Waals surface area contributed by atoms with E-state index in [1.807, 2.05) is 60.7 Å². The van der Waals surface area contributed by atoms with E-state index in [1.54, 1.807) is 4.57 Å². The summed E-state index contributed by atoms with van der Waals surface area (Å²) >= 11 is 4.34. The van der Waals surface area contributed by atoms with Gasteiger partial charge in [0, 0.05) is 0 Å². The van der Waals surface area contributed by atoms with E-state index < -0.39 is 5.97 Å². The van der Waals surface area contributed by atoms with Gasteiger partial charge in [-0.1, -0.05) is 60.7 Å². The summed E-state index contributed by atoms with van der Waals surface area (Å²) in [6.07, 6.45) is 1.34. The van der Waals surface area contributed by atoms with Crippen LogP contribution in [0.15, 0.2) is 72.0 Å². The minimum Gasteiger partial charge on any atom is -0.477 e. The number of thiol groups is 1. The molecular weight excluding hydrogens is 296 g/mol. The molecule has 0 bridgehead atoms. The van der Waals surface area contributed by atoms with Gasteiger partial charge in [-0.3, -0.25) is 0 Å². The topological polar surface area (TPSA) is 55.1 Å². The van der Waals surface area contributed by atoms with Crippen LogP contribution in [0.5, 0.6) is 0 Å². The molecule has 1 heterocycles. The minimum atomic E-state index is -1.02. The van der Waals surface area contributed by atoms with Crippen molar-refractivity contribution < 1.29 is 9.90 Å². The molecule has 4 nitrogen and oxygen atoms in total. The molecule has 0 amide bonds. The molecular formula is C17H14N2O2S. The predicted molar refractivity (Wildman–Crippen MR) is 86.6 cm³/mol. The lowest BCUT2D eigenvalue weighted by molar-refractivity contribution is 0.0683. The quantitative estimate of drug-likeness (QED) is 0.725. The SMILES string of the molecule is O=C(O)c1cnc(S)n1C(c1ccccc1)c1ccccc1. The van der Waals surface area contributed by atoms with Crippen molar-refractivity contribution in [3.05, 3.63) is 83.7 Å². The number of hydrogen-bond donors (Lipinski definition) is 2. The van der Waals surface area contributed by atoms with E-state index in [0.717, 1.165) is 11.1 Å². The monoisotopic (exact) mass is 310 g/mol. The summed E-state index contributed by atoms with van der Waals surface area (Å²) in [6.45, 7) is 0. The van der Waals surface area contributed by atoms with Gasteiger partial charge >= 0.3 is 5.97 Å². The van der Waals surface area contributed by atoms with Crippen molar-refractivity contribution in [3.8, 4) is 0 Å². The molecule has 0 atom stereocenters. The maximum Gasteiger partial charge on any atom is 0.354 e. The molecule has 3 rings (SSSR count). The zero-order valence-electron chi connectivity index (χ0n) is 11.6. The molecule has 0 spiro atoms.